The summed E-state index contributed by atoms with van der Waals surface area (Å²) < 4.78 is 10.4. The molecular formula is C36H37N5O2. The molecule has 0 spiro atoms. The second kappa shape index (κ2) is 9.85. The number of ether oxygens (including phenoxy) is 1. The number of nitrogens with two attached hydrogens (primary N) is 1. The molecule has 0 bridgehead atoms. The van der Waals surface area contributed by atoms with Gasteiger partial charge in [0.1, 0.15) is 11.3 Å². The van der Waals surface area contributed by atoms with E-state index in [9.17, 15) is 4.79 Å². The van der Waals surface area contributed by atoms with Crippen LogP contribution in [0.15, 0.2) is 66.7 Å². The third-order valence-electron chi connectivity index (χ3n) is 10.1. The number of nitrogens with zero attached hydrogens (tertiary/aromatic N) is 4. The smallest absolute Gasteiger partial charge is 0.254 e. The number of methoxy groups -OCH3 is 1. The fourth-order valence-corrected chi connectivity index (χ4v) is 7.26. The maximum atomic E-state index is 13.6. The summed E-state index contributed by atoms with van der Waals surface area (Å²) in [7, 11) is 3.71. The summed E-state index contributed by atoms with van der Waals surface area (Å²) in [4.78, 5) is 20.7. The Bertz CT molecular complexity index is 1910. The summed E-state index contributed by atoms with van der Waals surface area (Å²) in [6.07, 6.45) is 9.01. The number of fused-ring (bicyclic) bond motifs is 3. The van der Waals surface area contributed by atoms with Crippen LogP contribution >= 0.6 is 0 Å². The molecule has 1 aliphatic heterocycles. The molecule has 43 heavy (non-hydrogen) atoms. The molecule has 3 heterocycles. The summed E-state index contributed by atoms with van der Waals surface area (Å²) in [5.74, 6) is 2.27. The van der Waals surface area contributed by atoms with E-state index in [1.165, 1.54) is 34.9 Å². The normalized spacial score (nSPS) is 21.3. The van der Waals surface area contributed by atoms with E-state index < -0.39 is 0 Å². The minimum absolute atomic E-state index is 0.0418. The van der Waals surface area contributed by atoms with E-state index in [0.29, 0.717) is 23.8 Å². The zero-order valence-electron chi connectivity index (χ0n) is 24.8. The Kier molecular flexibility index (Phi) is 6.02. The molecule has 2 saturated carbocycles. The Morgan fingerprint density at radius 2 is 1.86 bits per heavy atom. The highest BCUT2D eigenvalue weighted by atomic mass is 16.5. The van der Waals surface area contributed by atoms with Gasteiger partial charge >= 0.3 is 0 Å². The minimum atomic E-state index is 0.0418. The van der Waals surface area contributed by atoms with Gasteiger partial charge in [-0.2, -0.15) is 0 Å². The van der Waals surface area contributed by atoms with Gasteiger partial charge in [0.2, 0.25) is 0 Å². The van der Waals surface area contributed by atoms with E-state index in [0.717, 1.165) is 48.5 Å². The number of piperidine rings is 1. The largest absolute Gasteiger partial charge is 0.494 e. The lowest BCUT2D eigenvalue weighted by Crippen LogP contribution is -2.74. The van der Waals surface area contributed by atoms with Gasteiger partial charge in [0, 0.05) is 54.6 Å². The molecule has 7 heteroatoms. The van der Waals surface area contributed by atoms with Gasteiger partial charge in [-0.15, -0.1) is 0 Å². The molecule has 1 unspecified atom stereocenters. The number of carbonyl (C=O) groups is 1. The number of aryl methyl sites for hydroxylation is 1. The Balaban J connectivity index is 1.19. The van der Waals surface area contributed by atoms with Crippen LogP contribution in [0.5, 0.6) is 5.75 Å². The first-order chi connectivity index (χ1) is 21.0. The number of imidazole rings is 1. The van der Waals surface area contributed by atoms with Crippen molar-refractivity contribution in [3.05, 3.63) is 83.4 Å². The van der Waals surface area contributed by atoms with Crippen molar-refractivity contribution in [2.45, 2.75) is 38.3 Å². The van der Waals surface area contributed by atoms with Gasteiger partial charge in [0.15, 0.2) is 5.82 Å². The molecular weight excluding hydrogens is 534 g/mol. The topological polar surface area (TPSA) is 78.3 Å². The van der Waals surface area contributed by atoms with E-state index >= 15 is 0 Å². The zero-order valence-corrected chi connectivity index (χ0v) is 24.8. The fourth-order valence-electron chi connectivity index (χ4n) is 7.26. The average molecular weight is 572 g/mol. The molecule has 1 saturated heterocycles. The fraction of sp³-hybridized carbons (Fsp3) is 0.333. The summed E-state index contributed by atoms with van der Waals surface area (Å²) in [6, 6.07) is 23.4. The summed E-state index contributed by atoms with van der Waals surface area (Å²) in [5.41, 5.74) is 13.1. The third kappa shape index (κ3) is 4.20. The molecule has 2 atom stereocenters. The maximum absolute atomic E-state index is 13.6. The zero-order chi connectivity index (χ0) is 29.3. The number of hydrogen-bond acceptors (Lipinski definition) is 4. The van der Waals surface area contributed by atoms with Crippen molar-refractivity contribution in [3.63, 3.8) is 0 Å². The number of amides is 1. The Hall–Kier alpha value is -4.36. The first kappa shape index (κ1) is 26.3. The van der Waals surface area contributed by atoms with Crippen LogP contribution in [-0.4, -0.2) is 51.2 Å². The number of likely N-dealkylation sites (tertiary alicyclic amines) is 1. The van der Waals surface area contributed by atoms with Gasteiger partial charge in [-0.05, 0) is 67.0 Å². The predicted molar refractivity (Wildman–Crippen MR) is 172 cm³/mol. The lowest BCUT2D eigenvalue weighted by atomic mass is 9.57. The molecule has 7 nitrogen and oxygen atoms in total. The molecule has 8 rings (SSSR count). The highest BCUT2D eigenvalue weighted by Crippen LogP contribution is 2.53. The number of hydrogen-bond donors (Lipinski definition) is 1. The van der Waals surface area contributed by atoms with Crippen LogP contribution in [-0.2, 0) is 13.6 Å². The predicted octanol–water partition coefficient (Wildman–Crippen LogP) is 6.35. The van der Waals surface area contributed by atoms with Crippen molar-refractivity contribution >= 4 is 40.0 Å². The molecule has 5 aromatic rings. The van der Waals surface area contributed by atoms with Crippen molar-refractivity contribution in [3.8, 4) is 17.3 Å². The minimum Gasteiger partial charge on any atom is -0.494 e. The van der Waals surface area contributed by atoms with Gasteiger partial charge in [0.05, 0.1) is 18.3 Å². The molecule has 2 aliphatic carbocycles. The molecule has 3 aromatic carbocycles. The quantitative estimate of drug-likeness (QED) is 0.220. The van der Waals surface area contributed by atoms with Crippen molar-refractivity contribution in [2.24, 2.45) is 24.1 Å². The molecule has 2 N–H and O–H groups in total. The third-order valence-corrected chi connectivity index (χ3v) is 10.1. The van der Waals surface area contributed by atoms with Crippen LogP contribution in [0.4, 0.5) is 0 Å². The lowest BCUT2D eigenvalue weighted by Gasteiger charge is -2.64. The number of aromatic nitrogens is 3. The maximum Gasteiger partial charge on any atom is 0.254 e. The van der Waals surface area contributed by atoms with E-state index in [2.05, 4.69) is 69.8 Å². The van der Waals surface area contributed by atoms with Gasteiger partial charge in [-0.3, -0.25) is 4.79 Å². The van der Waals surface area contributed by atoms with Crippen LogP contribution in [0, 0.1) is 11.3 Å². The Labute approximate surface area is 251 Å². The molecule has 3 aliphatic rings. The highest BCUT2D eigenvalue weighted by Gasteiger charge is 2.59. The van der Waals surface area contributed by atoms with Gasteiger partial charge in [-0.25, -0.2) is 4.98 Å². The SMILES string of the molecule is COc1cc(C(=O)N2C[C@]3(CN)CCC23)cc2nc(-c3cc4ccc(/C=C/c5ccccc5)cc4n3CC3CC3)n(C)c12. The summed E-state index contributed by atoms with van der Waals surface area (Å²) >= 11 is 0. The standard InChI is InChI=1S/C36H37N5O2/c1-39-33-28(17-27(19-31(33)43-2)35(42)41-22-36(21-37)15-14-32(36)41)38-34(39)30-18-26-13-12-24(9-8-23-6-4-3-5-7-23)16-29(26)40(30)20-25-10-11-25/h3-9,12-13,16-19,25,32H,10-11,14-15,20-22,37H2,1-2H3/b9-8+/t32?,36-/m1/s1. The van der Waals surface area contributed by atoms with Crippen LogP contribution < -0.4 is 10.5 Å². The lowest BCUT2D eigenvalue weighted by molar-refractivity contribution is -0.117. The van der Waals surface area contributed by atoms with Crippen LogP contribution in [0.1, 0.15) is 47.2 Å². The van der Waals surface area contributed by atoms with Crippen molar-refractivity contribution < 1.29 is 9.53 Å². The summed E-state index contributed by atoms with van der Waals surface area (Å²) in [6.45, 7) is 2.35. The molecule has 1 amide bonds. The van der Waals surface area contributed by atoms with Gasteiger partial charge in [-0.1, -0.05) is 54.6 Å². The van der Waals surface area contributed by atoms with Crippen molar-refractivity contribution in [1.29, 1.82) is 0 Å². The monoisotopic (exact) mass is 571 g/mol. The highest BCUT2D eigenvalue weighted by molar-refractivity contribution is 6.01. The number of carbonyl (C=O) groups excluding carboxylic acids is 1. The Morgan fingerprint density at radius 1 is 1.05 bits per heavy atom. The van der Waals surface area contributed by atoms with E-state index in [-0.39, 0.29) is 17.4 Å². The van der Waals surface area contributed by atoms with E-state index in [4.69, 9.17) is 15.5 Å². The number of rotatable bonds is 8. The van der Waals surface area contributed by atoms with Gasteiger partial charge in [0.25, 0.3) is 5.91 Å². The van der Waals surface area contributed by atoms with Crippen molar-refractivity contribution in [2.75, 3.05) is 20.2 Å². The molecule has 3 fully saturated rings. The molecule has 0 radical (unpaired) electrons. The second-order valence-corrected chi connectivity index (χ2v) is 12.7. The number of benzene rings is 3. The van der Waals surface area contributed by atoms with E-state index in [1.807, 2.05) is 30.1 Å². The Morgan fingerprint density at radius 3 is 2.56 bits per heavy atom. The van der Waals surface area contributed by atoms with Crippen LogP contribution in [0.2, 0.25) is 0 Å². The molecule has 218 valence electrons. The van der Waals surface area contributed by atoms with E-state index in [1.54, 1.807) is 7.11 Å². The van der Waals surface area contributed by atoms with Crippen LogP contribution in [0.25, 0.3) is 45.6 Å². The summed E-state index contributed by atoms with van der Waals surface area (Å²) in [5, 5.41) is 1.20. The van der Waals surface area contributed by atoms with Crippen LogP contribution in [0.3, 0.4) is 0 Å². The first-order valence-corrected chi connectivity index (χ1v) is 15.4. The first-order valence-electron chi connectivity index (χ1n) is 15.4. The van der Waals surface area contributed by atoms with Gasteiger partial charge < -0.3 is 24.5 Å². The second-order valence-electron chi connectivity index (χ2n) is 12.7. The van der Waals surface area contributed by atoms with Crippen molar-refractivity contribution in [1.82, 2.24) is 19.0 Å². The average Bonchev–Trinajstić information content (AvgIpc) is 3.70. The molecule has 2 aromatic heterocycles.